The van der Waals surface area contributed by atoms with Crippen molar-refractivity contribution in [2.24, 2.45) is 0 Å². The largest absolute Gasteiger partial charge is 0.497 e. The van der Waals surface area contributed by atoms with E-state index in [0.717, 1.165) is 16.7 Å². The van der Waals surface area contributed by atoms with Gasteiger partial charge in [-0.2, -0.15) is 0 Å². The first-order valence-electron chi connectivity index (χ1n) is 8.09. The predicted octanol–water partition coefficient (Wildman–Crippen LogP) is 3.16. The maximum absolute atomic E-state index is 12.3. The molecule has 0 bridgehead atoms. The number of hydrogen-bond acceptors (Lipinski definition) is 4. The summed E-state index contributed by atoms with van der Waals surface area (Å²) < 4.78 is 10.7. The quantitative estimate of drug-likeness (QED) is 0.724. The molecule has 130 valence electrons. The van der Waals surface area contributed by atoms with Crippen LogP contribution >= 0.6 is 0 Å². The van der Waals surface area contributed by atoms with Gasteiger partial charge in [0.15, 0.2) is 5.76 Å². The van der Waals surface area contributed by atoms with E-state index in [1.54, 1.807) is 20.1 Å². The Labute approximate surface area is 146 Å². The van der Waals surface area contributed by atoms with Crippen molar-refractivity contribution >= 4 is 16.9 Å². The van der Waals surface area contributed by atoms with E-state index in [9.17, 15) is 9.90 Å². The van der Waals surface area contributed by atoms with Crippen molar-refractivity contribution in [2.75, 3.05) is 13.7 Å². The highest BCUT2D eigenvalue weighted by atomic mass is 16.5. The molecular weight excluding hydrogens is 318 g/mol. The second-order valence-corrected chi connectivity index (χ2v) is 6.35. The Hall–Kier alpha value is -2.79. The topological polar surface area (TPSA) is 71.7 Å². The van der Waals surface area contributed by atoms with Crippen LogP contribution in [-0.4, -0.2) is 30.3 Å². The minimum absolute atomic E-state index is 0.120. The Morgan fingerprint density at radius 1 is 1.20 bits per heavy atom. The summed E-state index contributed by atoms with van der Waals surface area (Å²) in [6.45, 7) is 1.81. The predicted molar refractivity (Wildman–Crippen MR) is 95.9 cm³/mol. The molecule has 1 unspecified atom stereocenters. The van der Waals surface area contributed by atoms with Crippen LogP contribution in [0.5, 0.6) is 5.75 Å². The molecule has 1 heterocycles. The molecule has 1 amide bonds. The molecule has 0 aliphatic carbocycles. The standard InChI is InChI=1S/C20H21NO4/c1-20(23,12-14-7-9-16(24-2)10-8-14)13-21-19(22)18-11-15-5-3-4-6-17(15)25-18/h3-11,23H,12-13H2,1-2H3,(H,21,22). The van der Waals surface area contributed by atoms with Gasteiger partial charge in [-0.15, -0.1) is 0 Å². The Kier molecular flexibility index (Phi) is 4.76. The van der Waals surface area contributed by atoms with Gasteiger partial charge in [-0.3, -0.25) is 4.79 Å². The Morgan fingerprint density at radius 2 is 1.92 bits per heavy atom. The number of carbonyl (C=O) groups is 1. The highest BCUT2D eigenvalue weighted by Gasteiger charge is 2.23. The van der Waals surface area contributed by atoms with Crippen molar-refractivity contribution in [1.82, 2.24) is 5.32 Å². The summed E-state index contributed by atoms with van der Waals surface area (Å²) in [6, 6.07) is 16.6. The molecule has 0 aliphatic heterocycles. The third kappa shape index (κ3) is 4.19. The maximum Gasteiger partial charge on any atom is 0.287 e. The van der Waals surface area contributed by atoms with Gasteiger partial charge in [0.05, 0.1) is 12.7 Å². The van der Waals surface area contributed by atoms with Crippen LogP contribution in [0.4, 0.5) is 0 Å². The zero-order valence-corrected chi connectivity index (χ0v) is 14.3. The molecule has 0 aliphatic rings. The summed E-state index contributed by atoms with van der Waals surface area (Å²) in [7, 11) is 1.61. The number of amides is 1. The summed E-state index contributed by atoms with van der Waals surface area (Å²) >= 11 is 0. The van der Waals surface area contributed by atoms with Crippen molar-refractivity contribution in [3.8, 4) is 5.75 Å². The third-order valence-corrected chi connectivity index (χ3v) is 4.02. The van der Waals surface area contributed by atoms with Crippen LogP contribution in [0.1, 0.15) is 23.0 Å². The van der Waals surface area contributed by atoms with Crippen LogP contribution in [0, 0.1) is 0 Å². The number of hydrogen-bond donors (Lipinski definition) is 2. The first-order chi connectivity index (χ1) is 12.0. The fraction of sp³-hybridized carbons (Fsp3) is 0.250. The van der Waals surface area contributed by atoms with E-state index in [4.69, 9.17) is 9.15 Å². The molecule has 5 nitrogen and oxygen atoms in total. The Morgan fingerprint density at radius 3 is 2.60 bits per heavy atom. The fourth-order valence-electron chi connectivity index (χ4n) is 2.70. The normalized spacial score (nSPS) is 13.4. The molecule has 0 saturated carbocycles. The minimum Gasteiger partial charge on any atom is -0.497 e. The van der Waals surface area contributed by atoms with Crippen molar-refractivity contribution in [3.63, 3.8) is 0 Å². The second-order valence-electron chi connectivity index (χ2n) is 6.35. The van der Waals surface area contributed by atoms with Crippen LogP contribution in [0.2, 0.25) is 0 Å². The molecule has 0 radical (unpaired) electrons. The summed E-state index contributed by atoms with van der Waals surface area (Å²) in [5.74, 6) is 0.661. The van der Waals surface area contributed by atoms with Crippen LogP contribution < -0.4 is 10.1 Å². The van der Waals surface area contributed by atoms with Gasteiger partial charge in [-0.25, -0.2) is 0 Å². The molecule has 3 rings (SSSR count). The van der Waals surface area contributed by atoms with Gasteiger partial charge in [0.25, 0.3) is 5.91 Å². The maximum atomic E-state index is 12.3. The first kappa shape index (κ1) is 17.0. The number of ether oxygens (including phenoxy) is 1. The van der Waals surface area contributed by atoms with E-state index in [2.05, 4.69) is 5.32 Å². The number of rotatable bonds is 6. The zero-order chi connectivity index (χ0) is 17.9. The molecule has 0 saturated heterocycles. The van der Waals surface area contributed by atoms with E-state index < -0.39 is 5.60 Å². The lowest BCUT2D eigenvalue weighted by Gasteiger charge is -2.23. The van der Waals surface area contributed by atoms with Gasteiger partial charge in [-0.05, 0) is 36.8 Å². The number of furan rings is 1. The molecule has 1 atom stereocenters. The number of carbonyl (C=O) groups excluding carboxylic acids is 1. The average Bonchev–Trinajstić information content (AvgIpc) is 3.04. The third-order valence-electron chi connectivity index (χ3n) is 4.02. The molecule has 25 heavy (non-hydrogen) atoms. The zero-order valence-electron chi connectivity index (χ0n) is 14.3. The summed E-state index contributed by atoms with van der Waals surface area (Å²) in [4.78, 5) is 12.3. The monoisotopic (exact) mass is 339 g/mol. The molecule has 3 aromatic rings. The van der Waals surface area contributed by atoms with Crippen LogP contribution in [0.15, 0.2) is 59.0 Å². The average molecular weight is 339 g/mol. The molecule has 2 aromatic carbocycles. The smallest absolute Gasteiger partial charge is 0.287 e. The van der Waals surface area contributed by atoms with Crippen LogP contribution in [-0.2, 0) is 6.42 Å². The van der Waals surface area contributed by atoms with E-state index in [1.165, 1.54) is 0 Å². The van der Waals surface area contributed by atoms with Gasteiger partial charge in [-0.1, -0.05) is 30.3 Å². The van der Waals surface area contributed by atoms with Crippen molar-refractivity contribution in [2.45, 2.75) is 18.9 Å². The van der Waals surface area contributed by atoms with E-state index in [-0.39, 0.29) is 18.2 Å². The Balaban J connectivity index is 1.61. The number of fused-ring (bicyclic) bond motifs is 1. The first-order valence-corrected chi connectivity index (χ1v) is 8.09. The number of benzene rings is 2. The number of aliphatic hydroxyl groups is 1. The molecule has 0 spiro atoms. The Bertz CT molecular complexity index is 832. The van der Waals surface area contributed by atoms with Gasteiger partial charge >= 0.3 is 0 Å². The lowest BCUT2D eigenvalue weighted by Crippen LogP contribution is -2.42. The number of methoxy groups -OCH3 is 1. The van der Waals surface area contributed by atoms with Crippen LogP contribution in [0.3, 0.4) is 0 Å². The second kappa shape index (κ2) is 6.99. The highest BCUT2D eigenvalue weighted by molar-refractivity contribution is 5.96. The van der Waals surface area contributed by atoms with E-state index in [0.29, 0.717) is 12.0 Å². The van der Waals surface area contributed by atoms with Crippen molar-refractivity contribution in [3.05, 3.63) is 65.9 Å². The van der Waals surface area contributed by atoms with Crippen molar-refractivity contribution < 1.29 is 19.1 Å². The molecular formula is C20H21NO4. The number of para-hydroxylation sites is 1. The fourth-order valence-corrected chi connectivity index (χ4v) is 2.70. The molecule has 5 heteroatoms. The highest BCUT2D eigenvalue weighted by Crippen LogP contribution is 2.19. The molecule has 2 N–H and O–H groups in total. The SMILES string of the molecule is COc1ccc(CC(C)(O)CNC(=O)c2cc3ccccc3o2)cc1. The summed E-state index contributed by atoms with van der Waals surface area (Å²) in [6.07, 6.45) is 0.414. The minimum atomic E-state index is -1.07. The number of nitrogens with one attached hydrogen (secondary N) is 1. The van der Waals surface area contributed by atoms with Gasteiger partial charge in [0.2, 0.25) is 0 Å². The van der Waals surface area contributed by atoms with Gasteiger partial charge in [0, 0.05) is 18.4 Å². The van der Waals surface area contributed by atoms with Gasteiger partial charge < -0.3 is 19.6 Å². The summed E-state index contributed by atoms with van der Waals surface area (Å²) in [5, 5.41) is 14.2. The molecule has 0 fully saturated rings. The van der Waals surface area contributed by atoms with E-state index >= 15 is 0 Å². The molecule has 1 aromatic heterocycles. The van der Waals surface area contributed by atoms with E-state index in [1.807, 2.05) is 48.5 Å². The van der Waals surface area contributed by atoms with Crippen LogP contribution in [0.25, 0.3) is 11.0 Å². The lowest BCUT2D eigenvalue weighted by atomic mass is 9.96. The van der Waals surface area contributed by atoms with Gasteiger partial charge in [0.1, 0.15) is 11.3 Å². The lowest BCUT2D eigenvalue weighted by molar-refractivity contribution is 0.0545. The van der Waals surface area contributed by atoms with Crippen molar-refractivity contribution in [1.29, 1.82) is 0 Å². The summed E-state index contributed by atoms with van der Waals surface area (Å²) in [5.41, 5.74) is 0.553.